The van der Waals surface area contributed by atoms with Crippen molar-refractivity contribution in [3.63, 3.8) is 0 Å². The molecule has 0 aliphatic rings. The predicted octanol–water partition coefficient (Wildman–Crippen LogP) is 5.04. The molecule has 0 unspecified atom stereocenters. The van der Waals surface area contributed by atoms with Gasteiger partial charge in [-0.2, -0.15) is 0 Å². The van der Waals surface area contributed by atoms with E-state index in [0.29, 0.717) is 29.3 Å². The number of carbonyl (C=O) groups excluding carboxylic acids is 3. The molecule has 33 heavy (non-hydrogen) atoms. The van der Waals surface area contributed by atoms with E-state index >= 15 is 0 Å². The number of thiophene rings is 1. The van der Waals surface area contributed by atoms with E-state index in [9.17, 15) is 14.4 Å². The zero-order valence-corrected chi connectivity index (χ0v) is 20.9. The number of rotatable bonds is 9. The van der Waals surface area contributed by atoms with Crippen LogP contribution in [0.25, 0.3) is 10.1 Å². The Kier molecular flexibility index (Phi) is 10.2. The molecular formula is C25H30ClN3O3S. The third-order valence-corrected chi connectivity index (χ3v) is 6.40. The Hall–Kier alpha value is -2.61. The van der Waals surface area contributed by atoms with Crippen molar-refractivity contribution in [3.05, 3.63) is 59.2 Å². The number of hydrogen-bond acceptors (Lipinski definition) is 7. The number of nitrogens with two attached hydrogens (primary N) is 1. The van der Waals surface area contributed by atoms with Gasteiger partial charge in [0.1, 0.15) is 11.6 Å². The Balaban J connectivity index is 0.000000268. The highest BCUT2D eigenvalue weighted by Gasteiger charge is 2.23. The fraction of sp³-hybridized carbons (Fsp3) is 0.360. The van der Waals surface area contributed by atoms with E-state index < -0.39 is 6.04 Å². The molecule has 8 heteroatoms. The molecular weight excluding hydrogens is 458 g/mol. The van der Waals surface area contributed by atoms with Crippen molar-refractivity contribution in [1.29, 1.82) is 0 Å². The summed E-state index contributed by atoms with van der Waals surface area (Å²) in [5.74, 6) is 0.442. The second-order valence-corrected chi connectivity index (χ2v) is 9.76. The summed E-state index contributed by atoms with van der Waals surface area (Å²) in [6, 6.07) is 12.5. The molecule has 2 heterocycles. The molecule has 0 radical (unpaired) electrons. The smallest absolute Gasteiger partial charge is 0.262 e. The van der Waals surface area contributed by atoms with Gasteiger partial charge in [0, 0.05) is 16.8 Å². The van der Waals surface area contributed by atoms with Crippen LogP contribution in [0, 0.1) is 5.92 Å². The maximum absolute atomic E-state index is 11.8. The normalized spacial score (nSPS) is 12.7. The summed E-state index contributed by atoms with van der Waals surface area (Å²) in [6.07, 6.45) is 2.74. The molecule has 0 saturated heterocycles. The minimum atomic E-state index is -0.409. The molecule has 1 aromatic carbocycles. The van der Waals surface area contributed by atoms with Crippen LogP contribution in [0.5, 0.6) is 0 Å². The van der Waals surface area contributed by atoms with Gasteiger partial charge >= 0.3 is 0 Å². The molecule has 0 fully saturated rings. The topological polar surface area (TPSA) is 102 Å². The van der Waals surface area contributed by atoms with Gasteiger partial charge in [-0.15, -0.1) is 11.3 Å². The lowest BCUT2D eigenvalue weighted by Gasteiger charge is -2.23. The summed E-state index contributed by atoms with van der Waals surface area (Å²) in [4.78, 5) is 39.2. The monoisotopic (exact) mass is 487 g/mol. The van der Waals surface area contributed by atoms with E-state index in [4.69, 9.17) is 17.3 Å². The van der Waals surface area contributed by atoms with E-state index in [-0.39, 0.29) is 22.9 Å². The molecule has 3 N–H and O–H groups in total. The van der Waals surface area contributed by atoms with Gasteiger partial charge in [-0.05, 0) is 67.4 Å². The van der Waals surface area contributed by atoms with Gasteiger partial charge in [0.2, 0.25) is 0 Å². The van der Waals surface area contributed by atoms with Gasteiger partial charge in [0.25, 0.3) is 5.24 Å². The number of nitrogens with one attached hydrogen (secondary N) is 1. The number of fused-ring (bicyclic) bond motifs is 1. The Morgan fingerprint density at radius 3 is 2.24 bits per heavy atom. The first kappa shape index (κ1) is 26.6. The van der Waals surface area contributed by atoms with Gasteiger partial charge in [-0.25, -0.2) is 0 Å². The number of benzene rings is 1. The highest BCUT2D eigenvalue weighted by molar-refractivity contribution is 7.22. The lowest BCUT2D eigenvalue weighted by Crippen LogP contribution is -2.47. The number of anilines is 1. The van der Waals surface area contributed by atoms with Crippen molar-refractivity contribution in [2.45, 2.75) is 52.6 Å². The van der Waals surface area contributed by atoms with Crippen LogP contribution in [0.2, 0.25) is 0 Å². The zero-order chi connectivity index (χ0) is 24.5. The molecule has 0 saturated carbocycles. The maximum atomic E-state index is 11.8. The van der Waals surface area contributed by atoms with Crippen molar-refractivity contribution in [2.75, 3.05) is 5.73 Å². The van der Waals surface area contributed by atoms with Crippen molar-refractivity contribution < 1.29 is 14.4 Å². The Morgan fingerprint density at radius 2 is 1.73 bits per heavy atom. The van der Waals surface area contributed by atoms with Crippen LogP contribution in [0.4, 0.5) is 5.69 Å². The van der Waals surface area contributed by atoms with Crippen LogP contribution in [0.15, 0.2) is 48.7 Å². The second kappa shape index (κ2) is 12.6. The molecule has 3 aromatic rings. The minimum absolute atomic E-state index is 0.00336. The predicted molar refractivity (Wildman–Crippen MR) is 136 cm³/mol. The molecule has 0 amide bonds. The Labute approximate surface area is 203 Å². The highest BCUT2D eigenvalue weighted by atomic mass is 35.5. The van der Waals surface area contributed by atoms with Crippen molar-refractivity contribution in [1.82, 2.24) is 10.3 Å². The first-order valence-corrected chi connectivity index (χ1v) is 11.9. The lowest BCUT2D eigenvalue weighted by atomic mass is 9.98. The number of carbonyl (C=O) groups is 3. The average Bonchev–Trinajstić information content (AvgIpc) is 3.19. The number of hydrogen-bond donors (Lipinski definition) is 2. The second-order valence-electron chi connectivity index (χ2n) is 8.33. The molecule has 0 aliphatic heterocycles. The molecule has 0 bridgehead atoms. The molecule has 0 aliphatic carbocycles. The van der Waals surface area contributed by atoms with E-state index in [1.807, 2.05) is 30.3 Å². The number of pyridine rings is 1. The SMILES string of the molecule is CC(=O)[C@H](Cc1ccc(N)cn1)N[C@@H](CC(C)C)C(C)=O.O=C(Cl)c1cc2ccccc2s1. The van der Waals surface area contributed by atoms with E-state index in [0.717, 1.165) is 15.8 Å². The Morgan fingerprint density at radius 1 is 1.06 bits per heavy atom. The quantitative estimate of drug-likeness (QED) is 0.410. The minimum Gasteiger partial charge on any atom is -0.397 e. The molecule has 3 rings (SSSR count). The van der Waals surface area contributed by atoms with Crippen molar-refractivity contribution in [2.24, 2.45) is 5.92 Å². The van der Waals surface area contributed by atoms with Crippen molar-refractivity contribution in [3.8, 4) is 0 Å². The number of nitrogen functional groups attached to an aromatic ring is 1. The summed E-state index contributed by atoms with van der Waals surface area (Å²) < 4.78 is 1.10. The van der Waals surface area contributed by atoms with Crippen LogP contribution < -0.4 is 11.1 Å². The highest BCUT2D eigenvalue weighted by Crippen LogP contribution is 2.26. The van der Waals surface area contributed by atoms with Crippen LogP contribution >= 0.6 is 22.9 Å². The van der Waals surface area contributed by atoms with Gasteiger partial charge in [0.05, 0.1) is 28.8 Å². The summed E-state index contributed by atoms with van der Waals surface area (Å²) >= 11 is 6.77. The third-order valence-electron chi connectivity index (χ3n) is 4.97. The fourth-order valence-corrected chi connectivity index (χ4v) is 4.29. The lowest BCUT2D eigenvalue weighted by molar-refractivity contribution is -0.121. The Bertz CT molecular complexity index is 1060. The molecule has 2 aromatic heterocycles. The van der Waals surface area contributed by atoms with Gasteiger partial charge in [0.15, 0.2) is 0 Å². The maximum Gasteiger partial charge on any atom is 0.262 e. The number of ketones is 2. The van der Waals surface area contributed by atoms with Gasteiger partial charge in [-0.1, -0.05) is 32.0 Å². The summed E-state index contributed by atoms with van der Waals surface area (Å²) in [6.45, 7) is 7.20. The van der Waals surface area contributed by atoms with Crippen LogP contribution in [-0.2, 0) is 16.0 Å². The summed E-state index contributed by atoms with van der Waals surface area (Å²) in [5.41, 5.74) is 6.97. The van der Waals surface area contributed by atoms with Crippen molar-refractivity contribution >= 4 is 55.5 Å². The first-order chi connectivity index (χ1) is 15.6. The number of nitrogens with zero attached hydrogens (tertiary/aromatic N) is 1. The fourth-order valence-electron chi connectivity index (χ4n) is 3.23. The number of aromatic nitrogens is 1. The summed E-state index contributed by atoms with van der Waals surface area (Å²) in [5, 5.41) is 3.87. The van der Waals surface area contributed by atoms with E-state index in [1.54, 1.807) is 25.3 Å². The molecule has 0 spiro atoms. The molecule has 176 valence electrons. The van der Waals surface area contributed by atoms with Gasteiger partial charge in [-0.3, -0.25) is 24.7 Å². The standard InChI is InChI=1S/C16H25N3O2.C9H5ClOS/c1-10(2)7-15(11(3)20)19-16(12(4)21)8-14-6-5-13(17)9-18-14;10-9(11)8-5-6-3-1-2-4-7(6)12-8/h5-6,9-10,15-16,19H,7-8,17H2,1-4H3;1-5H/t15-,16-;/m0./s1. The third kappa shape index (κ3) is 8.68. The number of Topliss-reactive ketones (excluding diaryl/α,β-unsaturated/α-hetero) is 2. The number of halogens is 1. The average molecular weight is 488 g/mol. The largest absolute Gasteiger partial charge is 0.397 e. The summed E-state index contributed by atoms with van der Waals surface area (Å²) in [7, 11) is 0. The first-order valence-electron chi connectivity index (χ1n) is 10.7. The van der Waals surface area contributed by atoms with E-state index in [2.05, 4.69) is 24.1 Å². The van der Waals surface area contributed by atoms with Crippen LogP contribution in [0.3, 0.4) is 0 Å². The van der Waals surface area contributed by atoms with Crippen LogP contribution in [-0.4, -0.2) is 33.9 Å². The van der Waals surface area contributed by atoms with Gasteiger partial charge < -0.3 is 5.73 Å². The molecule has 2 atom stereocenters. The van der Waals surface area contributed by atoms with Crippen LogP contribution in [0.1, 0.15) is 49.5 Å². The molecule has 6 nitrogen and oxygen atoms in total. The van der Waals surface area contributed by atoms with E-state index in [1.165, 1.54) is 18.3 Å². The zero-order valence-electron chi connectivity index (χ0n) is 19.3.